The van der Waals surface area contributed by atoms with Crippen LogP contribution in [0.1, 0.15) is 22.3 Å². The molecule has 8 heteroatoms. The van der Waals surface area contributed by atoms with Crippen molar-refractivity contribution in [2.24, 2.45) is 7.05 Å². The first-order valence-electron chi connectivity index (χ1n) is 8.85. The van der Waals surface area contributed by atoms with Crippen molar-refractivity contribution in [1.29, 1.82) is 0 Å². The number of aryl methyl sites for hydroxylation is 2. The molecular weight excluding hydrogens is 396 g/mol. The molecule has 0 saturated heterocycles. The zero-order chi connectivity index (χ0) is 21.3. The van der Waals surface area contributed by atoms with Crippen LogP contribution in [0, 0.1) is 18.6 Å². The van der Waals surface area contributed by atoms with Crippen LogP contribution in [-0.2, 0) is 16.4 Å². The molecule has 152 valence electrons. The van der Waals surface area contributed by atoms with Gasteiger partial charge in [0.25, 0.3) is 0 Å². The van der Waals surface area contributed by atoms with Crippen molar-refractivity contribution in [3.63, 3.8) is 0 Å². The lowest BCUT2D eigenvalue weighted by Gasteiger charge is -2.18. The van der Waals surface area contributed by atoms with Gasteiger partial charge in [-0.3, -0.25) is 9.36 Å². The molecule has 29 heavy (non-hydrogen) atoms. The van der Waals surface area contributed by atoms with Gasteiger partial charge in [0.15, 0.2) is 11.6 Å². The van der Waals surface area contributed by atoms with Crippen LogP contribution in [0.4, 0.5) is 8.78 Å². The van der Waals surface area contributed by atoms with Gasteiger partial charge in [0.1, 0.15) is 5.66 Å². The molecular formula is C21H21F2N2O3P. The first-order chi connectivity index (χ1) is 13.6. The fourth-order valence-corrected chi connectivity index (χ4v) is 4.52. The third-order valence-corrected chi connectivity index (χ3v) is 6.11. The third kappa shape index (κ3) is 4.47. The Morgan fingerprint density at radius 2 is 1.93 bits per heavy atom. The Morgan fingerprint density at radius 1 is 1.21 bits per heavy atom. The first-order valence-corrected chi connectivity index (χ1v) is 11.0. The Balaban J connectivity index is 1.93. The smallest absolute Gasteiger partial charge is 0.241 e. The molecule has 0 aliphatic carbocycles. The molecule has 2 N–H and O–H groups in total. The number of amides is 1. The summed E-state index contributed by atoms with van der Waals surface area (Å²) in [4.78, 5) is 23.1. The minimum Gasteiger partial charge on any atom is -0.350 e. The second kappa shape index (κ2) is 7.93. The van der Waals surface area contributed by atoms with Gasteiger partial charge in [0.05, 0.1) is 0 Å². The second-order valence-corrected chi connectivity index (χ2v) is 9.48. The lowest BCUT2D eigenvalue weighted by Crippen LogP contribution is -2.25. The highest BCUT2D eigenvalue weighted by Gasteiger charge is 2.36. The van der Waals surface area contributed by atoms with E-state index in [1.54, 1.807) is 17.8 Å². The Kier molecular flexibility index (Phi) is 5.73. The van der Waals surface area contributed by atoms with Gasteiger partial charge in [-0.25, -0.2) is 8.78 Å². The Morgan fingerprint density at radius 3 is 2.59 bits per heavy atom. The van der Waals surface area contributed by atoms with Gasteiger partial charge >= 0.3 is 0 Å². The molecule has 5 nitrogen and oxygen atoms in total. The van der Waals surface area contributed by atoms with Crippen LogP contribution in [-0.4, -0.2) is 22.0 Å². The molecule has 3 aromatic rings. The zero-order valence-corrected chi connectivity index (χ0v) is 17.1. The maximum atomic E-state index is 13.3. The summed E-state index contributed by atoms with van der Waals surface area (Å²) in [6.45, 7) is 3.05. The topological polar surface area (TPSA) is 71.3 Å². The normalized spacial score (nSPS) is 14.8. The number of fused-ring (bicyclic) bond motifs is 1. The van der Waals surface area contributed by atoms with Gasteiger partial charge in [0.2, 0.25) is 13.3 Å². The largest absolute Gasteiger partial charge is 0.350 e. The summed E-state index contributed by atoms with van der Waals surface area (Å²) < 4.78 is 40.7. The predicted molar refractivity (Wildman–Crippen MR) is 110 cm³/mol. The summed E-state index contributed by atoms with van der Waals surface area (Å²) in [6.07, 6.45) is 4.30. The molecule has 2 aromatic carbocycles. The van der Waals surface area contributed by atoms with Crippen molar-refractivity contribution >= 4 is 30.3 Å². The number of hydrogen-bond acceptors (Lipinski definition) is 2. The van der Waals surface area contributed by atoms with E-state index in [1.165, 1.54) is 18.3 Å². The molecule has 1 amide bonds. The predicted octanol–water partition coefficient (Wildman–Crippen LogP) is 4.49. The molecule has 0 saturated carbocycles. The van der Waals surface area contributed by atoms with E-state index in [9.17, 15) is 23.0 Å². The summed E-state index contributed by atoms with van der Waals surface area (Å²) in [5, 5.41) is 3.21. The molecule has 0 spiro atoms. The highest BCUT2D eigenvalue weighted by atomic mass is 31.2. The third-order valence-electron chi connectivity index (χ3n) is 4.64. The monoisotopic (exact) mass is 417 g/mol. The van der Waals surface area contributed by atoms with Gasteiger partial charge in [-0.05, 0) is 48.4 Å². The molecule has 3 rings (SSSR count). The number of hydrogen-bond donors (Lipinski definition) is 2. The van der Waals surface area contributed by atoms with Crippen LogP contribution in [0.5, 0.6) is 0 Å². The molecule has 1 aromatic heterocycles. The minimum absolute atomic E-state index is 0.338. The summed E-state index contributed by atoms with van der Waals surface area (Å²) in [5.74, 6) is -2.63. The van der Waals surface area contributed by atoms with Crippen LogP contribution in [0.15, 0.2) is 48.8 Å². The highest BCUT2D eigenvalue weighted by Crippen LogP contribution is 2.54. The molecule has 0 radical (unpaired) electrons. The molecule has 0 fully saturated rings. The van der Waals surface area contributed by atoms with Crippen molar-refractivity contribution in [2.45, 2.75) is 12.6 Å². The van der Waals surface area contributed by atoms with E-state index < -0.39 is 30.6 Å². The van der Waals surface area contributed by atoms with E-state index in [0.29, 0.717) is 11.1 Å². The average Bonchev–Trinajstić information content (AvgIpc) is 2.92. The Hall–Kier alpha value is -2.76. The van der Waals surface area contributed by atoms with Gasteiger partial charge in [0, 0.05) is 37.0 Å². The lowest BCUT2D eigenvalue weighted by atomic mass is 10.1. The lowest BCUT2D eigenvalue weighted by molar-refractivity contribution is -0.120. The van der Waals surface area contributed by atoms with E-state index in [4.69, 9.17) is 0 Å². The van der Waals surface area contributed by atoms with Crippen molar-refractivity contribution in [3.05, 3.63) is 77.1 Å². The van der Waals surface area contributed by atoms with Crippen LogP contribution in [0.2, 0.25) is 0 Å². The maximum Gasteiger partial charge on any atom is 0.241 e. The number of rotatable bonds is 5. The number of carbonyl (C=O) groups excluding carboxylic acids is 1. The Bertz CT molecular complexity index is 1160. The van der Waals surface area contributed by atoms with Gasteiger partial charge in [-0.15, -0.1) is 0 Å². The van der Waals surface area contributed by atoms with E-state index in [2.05, 4.69) is 5.32 Å². The van der Waals surface area contributed by atoms with Gasteiger partial charge < -0.3 is 14.8 Å². The van der Waals surface area contributed by atoms with E-state index in [1.807, 2.05) is 25.1 Å². The fourth-order valence-electron chi connectivity index (χ4n) is 3.29. The fraction of sp³-hybridized carbons (Fsp3) is 0.190. The van der Waals surface area contributed by atoms with Gasteiger partial charge in [-0.2, -0.15) is 0 Å². The van der Waals surface area contributed by atoms with E-state index in [0.717, 1.165) is 35.3 Å². The number of benzene rings is 2. The van der Waals surface area contributed by atoms with Crippen LogP contribution in [0.25, 0.3) is 17.0 Å². The maximum absolute atomic E-state index is 13.3. The molecule has 2 unspecified atom stereocenters. The standard InChI is InChI=1S/C21H21F2N2O3P/c1-13-4-7-19-15(10-13)16(12-25(19)2)20(29(3,27)28)21(26)24-9-8-14-5-6-17(22)18(23)11-14/h4-12,20H,1-3H3,(H,24,26)(H,27,28)/b9-8+/i22-1. The SMILES string of the molecule is Cc1ccc2c(c1)c(C(C(=O)N/C=C/c1ccc([18F])c(F)c1)P(C)(=O)O)cn2C. The van der Waals surface area contributed by atoms with Crippen LogP contribution < -0.4 is 5.32 Å². The number of nitrogens with one attached hydrogen (secondary N) is 1. The second-order valence-electron chi connectivity index (χ2n) is 7.08. The summed E-state index contributed by atoms with van der Waals surface area (Å²) in [5.41, 5.74) is 1.33. The summed E-state index contributed by atoms with van der Waals surface area (Å²) in [6, 6.07) is 9.01. The molecule has 2 atom stereocenters. The average molecular weight is 417 g/mol. The number of nitrogens with zero attached hydrogens (tertiary/aromatic N) is 1. The number of halogens is 2. The molecule has 0 bridgehead atoms. The van der Waals surface area contributed by atoms with Crippen LogP contribution in [0.3, 0.4) is 0 Å². The first kappa shape index (κ1) is 21.0. The van der Waals surface area contributed by atoms with Crippen molar-refractivity contribution in [1.82, 2.24) is 9.88 Å². The van der Waals surface area contributed by atoms with E-state index in [-0.39, 0.29) is 0 Å². The Labute approximate surface area is 167 Å². The summed E-state index contributed by atoms with van der Waals surface area (Å²) in [7, 11) is -2.05. The zero-order valence-electron chi connectivity index (χ0n) is 16.2. The van der Waals surface area contributed by atoms with Crippen molar-refractivity contribution in [3.8, 4) is 0 Å². The highest BCUT2D eigenvalue weighted by molar-refractivity contribution is 7.58. The minimum atomic E-state index is -3.86. The van der Waals surface area contributed by atoms with Gasteiger partial charge in [-0.1, -0.05) is 17.7 Å². The quantitative estimate of drug-likeness (QED) is 0.601. The van der Waals surface area contributed by atoms with Crippen molar-refractivity contribution in [2.75, 3.05) is 6.66 Å². The number of carbonyl (C=O) groups is 1. The molecule has 0 aliphatic rings. The summed E-state index contributed by atoms with van der Waals surface area (Å²) >= 11 is 0. The number of aromatic nitrogens is 1. The van der Waals surface area contributed by atoms with Crippen molar-refractivity contribution < 1.29 is 23.0 Å². The molecule has 0 aliphatic heterocycles. The van der Waals surface area contributed by atoms with Crippen LogP contribution >= 0.6 is 7.37 Å². The molecule has 1 heterocycles. The van der Waals surface area contributed by atoms with E-state index >= 15 is 0 Å².